The van der Waals surface area contributed by atoms with Gasteiger partial charge in [0.2, 0.25) is 0 Å². The Balaban J connectivity index is 2.35. The van der Waals surface area contributed by atoms with Gasteiger partial charge in [0.1, 0.15) is 10.6 Å². The summed E-state index contributed by atoms with van der Waals surface area (Å²) in [4.78, 5) is 14.3. The number of aromatic carboxylic acids is 1. The fraction of sp³-hybridized carbons (Fsp3) is 0.111. The molecule has 0 bridgehead atoms. The Labute approximate surface area is 108 Å². The van der Waals surface area contributed by atoms with E-state index >= 15 is 0 Å². The minimum atomic E-state index is -3.95. The van der Waals surface area contributed by atoms with Crippen LogP contribution in [0.25, 0.3) is 0 Å². The Hall–Kier alpha value is -2.49. The molecule has 0 atom stereocenters. The van der Waals surface area contributed by atoms with Crippen LogP contribution in [-0.2, 0) is 17.1 Å². The molecular weight excluding hydrogens is 274 g/mol. The number of aryl methyl sites for hydroxylation is 1. The van der Waals surface area contributed by atoms with E-state index in [2.05, 4.69) is 19.9 Å². The smallest absolute Gasteiger partial charge is 0.352 e. The predicted octanol–water partition coefficient (Wildman–Crippen LogP) is -0.291. The molecule has 2 heterocycles. The summed E-state index contributed by atoms with van der Waals surface area (Å²) in [7, 11) is -2.51. The fourth-order valence-corrected chi connectivity index (χ4v) is 2.38. The van der Waals surface area contributed by atoms with Gasteiger partial charge in [0.05, 0.1) is 12.4 Å². The standard InChI is InChI=1S/C9H9N5O4S/c1-14-5-6(4-7(14)8(15)16)19(17,18)13-9-10-2-3-11-12-9/h2-5H,1H3,(H,15,16)(H,10,12,13). The van der Waals surface area contributed by atoms with Crippen LogP contribution in [0.3, 0.4) is 0 Å². The monoisotopic (exact) mass is 283 g/mol. The Morgan fingerprint density at radius 3 is 2.68 bits per heavy atom. The van der Waals surface area contributed by atoms with Gasteiger partial charge in [-0.15, -0.1) is 5.10 Å². The van der Waals surface area contributed by atoms with Crippen molar-refractivity contribution in [1.29, 1.82) is 0 Å². The van der Waals surface area contributed by atoms with Crippen molar-refractivity contribution in [2.75, 3.05) is 4.72 Å². The average Bonchev–Trinajstić information content (AvgIpc) is 2.73. The van der Waals surface area contributed by atoms with Gasteiger partial charge in [-0.3, -0.25) is 0 Å². The molecule has 0 saturated heterocycles. The number of anilines is 1. The van der Waals surface area contributed by atoms with Crippen LogP contribution < -0.4 is 4.72 Å². The number of carbonyl (C=O) groups is 1. The van der Waals surface area contributed by atoms with Crippen molar-refractivity contribution >= 4 is 21.9 Å². The zero-order valence-electron chi connectivity index (χ0n) is 9.68. The summed E-state index contributed by atoms with van der Waals surface area (Å²) in [5.41, 5.74) is -0.146. The van der Waals surface area contributed by atoms with Gasteiger partial charge in [0, 0.05) is 13.2 Å². The largest absolute Gasteiger partial charge is 0.477 e. The molecule has 0 unspecified atom stereocenters. The van der Waals surface area contributed by atoms with Gasteiger partial charge in [0.25, 0.3) is 16.0 Å². The van der Waals surface area contributed by atoms with Crippen molar-refractivity contribution in [2.24, 2.45) is 7.05 Å². The molecule has 10 heteroatoms. The van der Waals surface area contributed by atoms with Gasteiger partial charge in [-0.05, 0) is 6.07 Å². The molecule has 0 amide bonds. The number of carboxylic acid groups (broad SMARTS) is 1. The van der Waals surface area contributed by atoms with E-state index in [1.807, 2.05) is 0 Å². The maximum Gasteiger partial charge on any atom is 0.352 e. The number of nitrogens with one attached hydrogen (secondary N) is 1. The maximum atomic E-state index is 12.0. The van der Waals surface area contributed by atoms with Crippen LogP contribution in [0.5, 0.6) is 0 Å². The number of hydrogen-bond donors (Lipinski definition) is 2. The number of hydrogen-bond acceptors (Lipinski definition) is 6. The second-order valence-corrected chi connectivity index (χ2v) is 5.23. The van der Waals surface area contributed by atoms with Crippen LogP contribution in [0.2, 0.25) is 0 Å². The molecule has 2 N–H and O–H groups in total. The van der Waals surface area contributed by atoms with Gasteiger partial charge < -0.3 is 9.67 Å². The lowest BCUT2D eigenvalue weighted by molar-refractivity contribution is 0.0686. The number of rotatable bonds is 4. The molecule has 0 aliphatic rings. The van der Waals surface area contributed by atoms with Crippen LogP contribution in [-0.4, -0.2) is 39.2 Å². The molecule has 2 aromatic heterocycles. The van der Waals surface area contributed by atoms with E-state index in [-0.39, 0.29) is 16.5 Å². The number of aromatic nitrogens is 4. The van der Waals surface area contributed by atoms with Gasteiger partial charge in [-0.2, -0.15) is 5.10 Å². The molecule has 0 saturated carbocycles. The number of carboxylic acids is 1. The van der Waals surface area contributed by atoms with Crippen molar-refractivity contribution in [3.63, 3.8) is 0 Å². The van der Waals surface area contributed by atoms with E-state index in [4.69, 9.17) is 5.11 Å². The summed E-state index contributed by atoms with van der Waals surface area (Å²) in [6.45, 7) is 0. The molecule has 0 radical (unpaired) electrons. The third kappa shape index (κ3) is 2.68. The highest BCUT2D eigenvalue weighted by atomic mass is 32.2. The molecule has 0 spiro atoms. The molecule has 0 aliphatic heterocycles. The molecular formula is C9H9N5O4S. The number of nitrogens with zero attached hydrogens (tertiary/aromatic N) is 4. The highest BCUT2D eigenvalue weighted by Crippen LogP contribution is 2.15. The highest BCUT2D eigenvalue weighted by Gasteiger charge is 2.21. The summed E-state index contributed by atoms with van der Waals surface area (Å²) in [6, 6.07) is 1.04. The van der Waals surface area contributed by atoms with Crippen molar-refractivity contribution in [3.8, 4) is 0 Å². The van der Waals surface area contributed by atoms with E-state index in [9.17, 15) is 13.2 Å². The maximum absolute atomic E-state index is 12.0. The Bertz CT molecular complexity index is 709. The van der Waals surface area contributed by atoms with Crippen LogP contribution in [0, 0.1) is 0 Å². The zero-order valence-corrected chi connectivity index (χ0v) is 10.5. The van der Waals surface area contributed by atoms with Crippen molar-refractivity contribution in [3.05, 3.63) is 30.4 Å². The van der Waals surface area contributed by atoms with E-state index in [1.165, 1.54) is 30.2 Å². The summed E-state index contributed by atoms with van der Waals surface area (Å²) < 4.78 is 27.2. The second kappa shape index (κ2) is 4.65. The van der Waals surface area contributed by atoms with E-state index in [0.29, 0.717) is 0 Å². The first-order chi connectivity index (χ1) is 8.90. The molecule has 0 fully saturated rings. The minimum Gasteiger partial charge on any atom is -0.477 e. The summed E-state index contributed by atoms with van der Waals surface area (Å²) in [5.74, 6) is -1.41. The molecule has 19 heavy (non-hydrogen) atoms. The highest BCUT2D eigenvalue weighted by molar-refractivity contribution is 7.92. The first-order valence-corrected chi connectivity index (χ1v) is 6.44. The first-order valence-electron chi connectivity index (χ1n) is 4.96. The van der Waals surface area contributed by atoms with Gasteiger partial charge >= 0.3 is 5.97 Å². The average molecular weight is 283 g/mol. The first kappa shape index (κ1) is 13.0. The summed E-state index contributed by atoms with van der Waals surface area (Å²) in [5, 5.41) is 15.8. The SMILES string of the molecule is Cn1cc(S(=O)(=O)Nc2nccnn2)cc1C(=O)O. The summed E-state index contributed by atoms with van der Waals surface area (Å²) in [6.07, 6.45) is 3.75. The van der Waals surface area contributed by atoms with Crippen LogP contribution >= 0.6 is 0 Å². The fourth-order valence-electron chi connectivity index (χ4n) is 1.37. The third-order valence-corrected chi connectivity index (χ3v) is 3.51. The molecule has 9 nitrogen and oxygen atoms in total. The second-order valence-electron chi connectivity index (χ2n) is 3.55. The number of sulfonamides is 1. The van der Waals surface area contributed by atoms with Crippen molar-refractivity contribution < 1.29 is 18.3 Å². The molecule has 100 valence electrons. The lowest BCUT2D eigenvalue weighted by Crippen LogP contribution is -2.14. The minimum absolute atomic E-state index is 0.146. The lowest BCUT2D eigenvalue weighted by atomic mass is 10.4. The summed E-state index contributed by atoms with van der Waals surface area (Å²) >= 11 is 0. The van der Waals surface area contributed by atoms with E-state index in [1.54, 1.807) is 0 Å². The molecule has 2 rings (SSSR count). The van der Waals surface area contributed by atoms with Crippen molar-refractivity contribution in [1.82, 2.24) is 19.7 Å². The molecule has 0 aliphatic carbocycles. The van der Waals surface area contributed by atoms with Crippen LogP contribution in [0.15, 0.2) is 29.6 Å². The molecule has 2 aromatic rings. The van der Waals surface area contributed by atoms with Crippen molar-refractivity contribution in [2.45, 2.75) is 4.90 Å². The van der Waals surface area contributed by atoms with E-state index in [0.717, 1.165) is 6.07 Å². The van der Waals surface area contributed by atoms with Crippen LogP contribution in [0.1, 0.15) is 10.5 Å². The Morgan fingerprint density at radius 1 is 1.42 bits per heavy atom. The van der Waals surface area contributed by atoms with E-state index < -0.39 is 16.0 Å². The third-order valence-electron chi connectivity index (χ3n) is 2.22. The predicted molar refractivity (Wildman–Crippen MR) is 63.0 cm³/mol. The quantitative estimate of drug-likeness (QED) is 0.789. The Kier molecular flexibility index (Phi) is 3.17. The topological polar surface area (TPSA) is 127 Å². The van der Waals surface area contributed by atoms with Crippen LogP contribution in [0.4, 0.5) is 5.95 Å². The zero-order chi connectivity index (χ0) is 14.0. The Morgan fingerprint density at radius 2 is 2.16 bits per heavy atom. The van der Waals surface area contributed by atoms with Gasteiger partial charge in [-0.1, -0.05) is 0 Å². The van der Waals surface area contributed by atoms with Gasteiger partial charge in [-0.25, -0.2) is 22.9 Å². The normalized spacial score (nSPS) is 11.2. The lowest BCUT2D eigenvalue weighted by Gasteiger charge is -2.02. The molecule has 0 aromatic carbocycles. The van der Waals surface area contributed by atoms with Gasteiger partial charge in [0.15, 0.2) is 0 Å².